The maximum absolute atomic E-state index is 13.7. The first-order valence-corrected chi connectivity index (χ1v) is 24.6. The fraction of sp³-hybridized carbons (Fsp3) is 0.783. The molecule has 1 unspecified atom stereocenters. The number of carboxylic acid groups (broad SMARTS) is 3. The van der Waals surface area contributed by atoms with Crippen LogP contribution in [0.5, 0.6) is 0 Å². The van der Waals surface area contributed by atoms with Crippen LogP contribution >= 0.6 is 0 Å². The van der Waals surface area contributed by atoms with Crippen molar-refractivity contribution in [2.45, 2.75) is 116 Å². The SMILES string of the molecule is C.CC(C)[C@@H]1NC(=O)[C@@H]2CCCN2N[C@@H](CCCN=C(N)N)C(=O)CCCCCNC(=O)C(NCC(=O)CN2CCN(CC(=O)O)CCN(CC(=O)O)CCN(CC(=O)O)CC2)CCCCNC(=O)C1=O. The van der Waals surface area contributed by atoms with E-state index in [2.05, 4.69) is 31.7 Å². The number of amides is 3. The van der Waals surface area contributed by atoms with Crippen molar-refractivity contribution in [3.63, 3.8) is 0 Å². The Kier molecular flexibility index (Phi) is 29.2. The molecule has 3 rings (SSSR count). The number of Topliss-reactive ketones (excluding diaryl/α,β-unsaturated/α-hetero) is 3. The molecule has 4 atom stereocenters. The van der Waals surface area contributed by atoms with Crippen LogP contribution in [0.25, 0.3) is 0 Å². The quantitative estimate of drug-likeness (QED) is 0.0325. The van der Waals surface area contributed by atoms with E-state index in [0.717, 1.165) is 0 Å². The van der Waals surface area contributed by atoms with E-state index in [1.54, 1.807) is 33.6 Å². The minimum absolute atomic E-state index is 0. The highest BCUT2D eigenvalue weighted by atomic mass is 16.4. The summed E-state index contributed by atoms with van der Waals surface area (Å²) in [5, 5.41) is 41.8. The van der Waals surface area contributed by atoms with Crippen LogP contribution < -0.4 is 38.2 Å². The number of hydrazine groups is 1. The summed E-state index contributed by atoms with van der Waals surface area (Å²) in [6.07, 6.45) is 5.12. The number of carbonyl (C=O) groups excluding carboxylic acids is 6. The van der Waals surface area contributed by atoms with E-state index in [1.165, 1.54) is 0 Å². The maximum Gasteiger partial charge on any atom is 0.317 e. The lowest BCUT2D eigenvalue weighted by molar-refractivity contribution is -0.141. The van der Waals surface area contributed by atoms with Crippen LogP contribution in [0.3, 0.4) is 0 Å². The maximum atomic E-state index is 13.7. The van der Waals surface area contributed by atoms with E-state index in [1.807, 2.05) is 4.90 Å². The Balaban J connectivity index is 0.0000173. The van der Waals surface area contributed by atoms with E-state index < -0.39 is 65.6 Å². The summed E-state index contributed by atoms with van der Waals surface area (Å²) in [4.78, 5) is 127. The minimum Gasteiger partial charge on any atom is -0.480 e. The van der Waals surface area contributed by atoms with E-state index in [4.69, 9.17) is 11.5 Å². The molecule has 3 heterocycles. The fourth-order valence-electron chi connectivity index (χ4n) is 8.65. The van der Waals surface area contributed by atoms with Gasteiger partial charge in [-0.05, 0) is 63.7 Å². The molecule has 404 valence electrons. The molecule has 25 heteroatoms. The molecule has 0 aromatic rings. The number of fused-ring (bicyclic) bond motifs is 1. The molecule has 25 nitrogen and oxygen atoms in total. The second kappa shape index (κ2) is 33.5. The summed E-state index contributed by atoms with van der Waals surface area (Å²) in [5.41, 5.74) is 14.3. The molecule has 71 heavy (non-hydrogen) atoms. The molecule has 0 aliphatic carbocycles. The van der Waals surface area contributed by atoms with Crippen LogP contribution in [0.1, 0.15) is 91.9 Å². The van der Waals surface area contributed by atoms with Gasteiger partial charge in [0, 0.05) is 85.0 Å². The number of ketones is 3. The molecule has 0 saturated carbocycles. The summed E-state index contributed by atoms with van der Waals surface area (Å²) in [6, 6.07) is -3.24. The summed E-state index contributed by atoms with van der Waals surface area (Å²) < 4.78 is 0. The minimum atomic E-state index is -1.10. The Labute approximate surface area is 417 Å². The number of aliphatic imine (C=N–C) groups is 1. The first-order chi connectivity index (χ1) is 33.3. The molecule has 0 bridgehead atoms. The summed E-state index contributed by atoms with van der Waals surface area (Å²) >= 11 is 0. The average molecular weight is 1010 g/mol. The molecular formula is C46H83N13O12. The lowest BCUT2D eigenvalue weighted by Gasteiger charge is -2.33. The number of hydrogen-bond donors (Lipinski definition) is 10. The number of rotatable bonds is 16. The number of nitrogens with one attached hydrogen (secondary N) is 5. The normalized spacial score (nSPS) is 24.0. The van der Waals surface area contributed by atoms with E-state index in [0.29, 0.717) is 77.4 Å². The zero-order chi connectivity index (χ0) is 51.6. The van der Waals surface area contributed by atoms with Gasteiger partial charge in [0.05, 0.1) is 50.8 Å². The molecule has 0 aromatic carbocycles. The van der Waals surface area contributed by atoms with Gasteiger partial charge in [0.1, 0.15) is 6.04 Å². The molecule has 3 aliphatic heterocycles. The van der Waals surface area contributed by atoms with Gasteiger partial charge in [0.25, 0.3) is 5.91 Å². The number of carbonyl (C=O) groups is 9. The Morgan fingerprint density at radius 1 is 0.690 bits per heavy atom. The van der Waals surface area contributed by atoms with Crippen LogP contribution in [0, 0.1) is 5.92 Å². The van der Waals surface area contributed by atoms with Gasteiger partial charge in [-0.2, -0.15) is 0 Å². The second-order valence-electron chi connectivity index (χ2n) is 18.7. The summed E-state index contributed by atoms with van der Waals surface area (Å²) in [6.45, 7) is 5.38. The number of carboxylic acids is 3. The fourth-order valence-corrected chi connectivity index (χ4v) is 8.65. The largest absolute Gasteiger partial charge is 0.480 e. The van der Waals surface area contributed by atoms with Crippen LogP contribution in [0.15, 0.2) is 4.99 Å². The predicted molar refractivity (Wildman–Crippen MR) is 264 cm³/mol. The first kappa shape index (κ1) is 61.9. The zero-order valence-electron chi connectivity index (χ0n) is 41.0. The van der Waals surface area contributed by atoms with E-state index >= 15 is 0 Å². The first-order valence-electron chi connectivity index (χ1n) is 24.6. The Morgan fingerprint density at radius 2 is 1.23 bits per heavy atom. The summed E-state index contributed by atoms with van der Waals surface area (Å²) in [5.74, 6) is -6.45. The summed E-state index contributed by atoms with van der Waals surface area (Å²) in [7, 11) is 0. The third kappa shape index (κ3) is 24.7. The molecule has 0 aromatic heterocycles. The molecule has 3 amide bonds. The highest BCUT2D eigenvalue weighted by Crippen LogP contribution is 2.19. The molecule has 0 spiro atoms. The number of hydrogen-bond acceptors (Lipinski definition) is 17. The van der Waals surface area contributed by atoms with Crippen molar-refractivity contribution in [3.8, 4) is 0 Å². The van der Waals surface area contributed by atoms with Crippen molar-refractivity contribution in [1.82, 2.24) is 51.3 Å². The number of nitrogens with zero attached hydrogens (tertiary/aromatic N) is 6. The number of guanidine groups is 1. The third-order valence-electron chi connectivity index (χ3n) is 12.6. The lowest BCUT2D eigenvalue weighted by Crippen LogP contribution is -2.58. The van der Waals surface area contributed by atoms with Crippen molar-refractivity contribution in [1.29, 1.82) is 0 Å². The molecular weight excluding hydrogens is 927 g/mol. The Bertz CT molecular complexity index is 1750. The average Bonchev–Trinajstić information content (AvgIpc) is 3.76. The van der Waals surface area contributed by atoms with Crippen LogP contribution in [-0.4, -0.2) is 234 Å². The molecule has 0 radical (unpaired) electrons. The Hall–Kier alpha value is -5.18. The topological polar surface area (TPSA) is 355 Å². The monoisotopic (exact) mass is 1010 g/mol. The van der Waals surface area contributed by atoms with Gasteiger partial charge in [-0.15, -0.1) is 0 Å². The number of aliphatic carboxylic acids is 3. The molecule has 3 fully saturated rings. The van der Waals surface area contributed by atoms with Crippen molar-refractivity contribution >= 4 is 58.9 Å². The van der Waals surface area contributed by atoms with E-state index in [9.17, 15) is 58.5 Å². The van der Waals surface area contributed by atoms with Crippen molar-refractivity contribution < 1.29 is 58.5 Å². The van der Waals surface area contributed by atoms with Gasteiger partial charge >= 0.3 is 17.9 Å². The molecule has 12 N–H and O–H groups in total. The molecule has 3 saturated heterocycles. The smallest absolute Gasteiger partial charge is 0.317 e. The Morgan fingerprint density at radius 3 is 1.76 bits per heavy atom. The van der Waals surface area contributed by atoms with Gasteiger partial charge in [-0.3, -0.25) is 73.1 Å². The van der Waals surface area contributed by atoms with Gasteiger partial charge in [-0.1, -0.05) is 27.7 Å². The van der Waals surface area contributed by atoms with Crippen molar-refractivity contribution in [3.05, 3.63) is 0 Å². The standard InChI is InChI=1S/C45H79N13O12.CH4/c1-31(2)40-41(67)44(70)49-15-7-5-10-34(42(68)48-14-6-3-4-13-36(60)33(11-8-16-50-45(46)47)53-58-17-9-12-35(58)43(69)52-40)51-26-32(59)27-54-18-20-55(28-37(61)62)22-24-57(30-39(65)66)25-23-56(21-19-54)29-38(63)64;/h31,33-35,40,51,53H,3-30H2,1-2H3,(H,48,68)(H,49,70)(H,52,69)(H,61,62)(H,63,64)(H,65,66)(H4,46,47,50);1H4/t33-,34?,35-,40-;/m0./s1. The van der Waals surface area contributed by atoms with Crippen LogP contribution in [-0.2, 0) is 43.2 Å². The zero-order valence-corrected chi connectivity index (χ0v) is 41.0. The van der Waals surface area contributed by atoms with Crippen molar-refractivity contribution in [2.75, 3.05) is 111 Å². The van der Waals surface area contributed by atoms with Crippen LogP contribution in [0.4, 0.5) is 0 Å². The van der Waals surface area contributed by atoms with Gasteiger partial charge < -0.3 is 42.7 Å². The molecule has 3 aliphatic rings. The van der Waals surface area contributed by atoms with E-state index in [-0.39, 0.29) is 135 Å². The van der Waals surface area contributed by atoms with Crippen LogP contribution in [0.2, 0.25) is 0 Å². The third-order valence-corrected chi connectivity index (χ3v) is 12.6. The van der Waals surface area contributed by atoms with Gasteiger partial charge in [-0.25, -0.2) is 10.4 Å². The number of nitrogens with two attached hydrogens (primary N) is 2. The highest BCUT2D eigenvalue weighted by Gasteiger charge is 2.37. The van der Waals surface area contributed by atoms with Gasteiger partial charge in [0.2, 0.25) is 17.6 Å². The van der Waals surface area contributed by atoms with Crippen molar-refractivity contribution in [2.24, 2.45) is 22.4 Å². The van der Waals surface area contributed by atoms with Gasteiger partial charge in [0.15, 0.2) is 17.5 Å². The highest BCUT2D eigenvalue weighted by molar-refractivity contribution is 6.38. The second-order valence-corrected chi connectivity index (χ2v) is 18.7. The lowest BCUT2D eigenvalue weighted by atomic mass is 9.98. The predicted octanol–water partition coefficient (Wildman–Crippen LogP) is -2.73.